The van der Waals surface area contributed by atoms with Gasteiger partial charge in [-0.1, -0.05) is 6.42 Å². The number of unbranched alkanes of at least 4 members (excludes halogenated alkanes) is 2. The Labute approximate surface area is 184 Å². The fourth-order valence-electron chi connectivity index (χ4n) is 3.43. The lowest BCUT2D eigenvalue weighted by Gasteiger charge is -2.30. The summed E-state index contributed by atoms with van der Waals surface area (Å²) in [6, 6.07) is 0. The first kappa shape index (κ1) is 29.1. The average molecular weight is 447 g/mol. The smallest absolute Gasteiger partial charge is 0.144 e. The van der Waals surface area contributed by atoms with E-state index in [0.29, 0.717) is 6.42 Å². The van der Waals surface area contributed by atoms with Crippen molar-refractivity contribution in [2.24, 2.45) is 11.8 Å². The van der Waals surface area contributed by atoms with Gasteiger partial charge in [0.2, 0.25) is 0 Å². The van der Waals surface area contributed by atoms with Gasteiger partial charge >= 0.3 is 0 Å². The molecule has 0 aliphatic rings. The summed E-state index contributed by atoms with van der Waals surface area (Å²) in [6.45, 7) is 0.137. The van der Waals surface area contributed by atoms with E-state index in [9.17, 15) is 39.6 Å². The van der Waals surface area contributed by atoms with E-state index in [2.05, 4.69) is 0 Å². The molecule has 2 N–H and O–H groups in total. The Hall–Kier alpha value is -1.88. The third-order valence-electron chi connectivity index (χ3n) is 4.79. The molecule has 10 nitrogen and oxygen atoms in total. The van der Waals surface area contributed by atoms with Crippen molar-refractivity contribution in [3.63, 3.8) is 0 Å². The Morgan fingerprint density at radius 3 is 1.16 bits per heavy atom. The number of ketones is 2. The van der Waals surface area contributed by atoms with Gasteiger partial charge in [0.15, 0.2) is 0 Å². The molecule has 4 unspecified atom stereocenters. The second kappa shape index (κ2) is 12.2. The molecule has 0 aromatic rings. The van der Waals surface area contributed by atoms with Gasteiger partial charge in [0, 0.05) is 12.8 Å². The van der Waals surface area contributed by atoms with E-state index in [1.54, 1.807) is 42.3 Å². The van der Waals surface area contributed by atoms with Gasteiger partial charge in [-0.25, -0.2) is 0 Å². The van der Waals surface area contributed by atoms with Crippen LogP contribution in [0.25, 0.3) is 0 Å². The first-order valence-corrected chi connectivity index (χ1v) is 10.4. The van der Waals surface area contributed by atoms with Crippen molar-refractivity contribution >= 4 is 23.5 Å². The molecule has 0 rings (SSSR count). The van der Waals surface area contributed by atoms with E-state index >= 15 is 0 Å². The molecule has 0 bridgehead atoms. The van der Waals surface area contributed by atoms with E-state index in [0.717, 1.165) is 0 Å². The van der Waals surface area contributed by atoms with E-state index in [-0.39, 0.29) is 47.7 Å². The lowest BCUT2D eigenvalue weighted by Crippen LogP contribution is -2.51. The van der Waals surface area contributed by atoms with E-state index < -0.39 is 47.5 Å². The van der Waals surface area contributed by atoms with Gasteiger partial charge in [-0.15, -0.1) is 0 Å². The van der Waals surface area contributed by atoms with E-state index in [1.165, 1.54) is 0 Å². The molecule has 180 valence electrons. The maximum Gasteiger partial charge on any atom is 0.144 e. The molecule has 31 heavy (non-hydrogen) atoms. The van der Waals surface area contributed by atoms with Crippen LogP contribution in [0.1, 0.15) is 32.1 Å². The fraction of sp³-hybridized carbons (Fsp3) is 0.810. The minimum Gasteiger partial charge on any atom is -0.549 e. The van der Waals surface area contributed by atoms with Crippen LogP contribution in [0.2, 0.25) is 0 Å². The monoisotopic (exact) mass is 446 g/mol. The highest BCUT2D eigenvalue weighted by molar-refractivity contribution is 5.98. The largest absolute Gasteiger partial charge is 0.549 e. The Kier molecular flexibility index (Phi) is 11.5. The summed E-state index contributed by atoms with van der Waals surface area (Å²) in [4.78, 5) is 47.1. The van der Waals surface area contributed by atoms with Crippen LogP contribution in [-0.4, -0.2) is 110 Å². The van der Waals surface area contributed by atoms with Crippen LogP contribution in [0.4, 0.5) is 0 Å². The maximum atomic E-state index is 12.3. The highest BCUT2D eigenvalue weighted by Crippen LogP contribution is 2.16. The van der Waals surface area contributed by atoms with Crippen LogP contribution < -0.4 is 10.2 Å². The molecule has 0 aliphatic carbocycles. The van der Waals surface area contributed by atoms with Gasteiger partial charge in [-0.2, -0.15) is 0 Å². The number of nitrogens with zero attached hydrogens (tertiary/aromatic N) is 2. The number of aliphatic carboxylic acids is 2. The number of hydrogen-bond acceptors (Lipinski definition) is 8. The maximum absolute atomic E-state index is 12.3. The number of carbonyl (C=O) groups excluding carboxylic acids is 4. The van der Waals surface area contributed by atoms with Gasteiger partial charge in [0.25, 0.3) is 0 Å². The fourth-order valence-corrected chi connectivity index (χ4v) is 3.43. The standard InChI is InChI=1S/C21H38N2O8/c1-22(2,3)12-16(26)18(20(28)29)14(24)10-8-7-9-11-15(25)19(21(30)31)17(27)13-23(4,5)6/h16-19,26-27H,7-13H2,1-6H3. The van der Waals surface area contributed by atoms with E-state index in [1.807, 2.05) is 0 Å². The molecular weight excluding hydrogens is 408 g/mol. The first-order valence-electron chi connectivity index (χ1n) is 10.4. The van der Waals surface area contributed by atoms with Crippen LogP contribution in [0, 0.1) is 11.8 Å². The topological polar surface area (TPSA) is 155 Å². The Balaban J connectivity index is 4.64. The van der Waals surface area contributed by atoms with Crippen molar-refractivity contribution in [2.45, 2.75) is 44.3 Å². The molecule has 0 radical (unpaired) electrons. The highest BCUT2D eigenvalue weighted by Gasteiger charge is 2.32. The van der Waals surface area contributed by atoms with Gasteiger partial charge in [0.05, 0.1) is 66.1 Å². The zero-order chi connectivity index (χ0) is 24.6. The van der Waals surface area contributed by atoms with Crippen molar-refractivity contribution in [2.75, 3.05) is 55.4 Å². The van der Waals surface area contributed by atoms with Crippen molar-refractivity contribution in [1.29, 1.82) is 0 Å². The number of Topliss-reactive ketones (excluding diaryl/α,β-unsaturated/α-hetero) is 2. The van der Waals surface area contributed by atoms with Crippen LogP contribution in [0.3, 0.4) is 0 Å². The minimum atomic E-state index is -1.62. The molecular formula is C21H38N2O8. The number of likely N-dealkylation sites (N-methyl/N-ethyl adjacent to an activating group) is 2. The predicted octanol–water partition coefficient (Wildman–Crippen LogP) is -3.06. The molecule has 0 saturated heterocycles. The minimum absolute atomic E-state index is 0.0686. The quantitative estimate of drug-likeness (QED) is 0.144. The molecule has 4 atom stereocenters. The van der Waals surface area contributed by atoms with Crippen molar-refractivity contribution in [3.05, 3.63) is 0 Å². The molecule has 0 aromatic carbocycles. The summed E-state index contributed by atoms with van der Waals surface area (Å²) in [5.41, 5.74) is 0. The number of aliphatic hydroxyl groups excluding tert-OH is 2. The van der Waals surface area contributed by atoms with Gasteiger partial charge < -0.3 is 39.0 Å². The van der Waals surface area contributed by atoms with Crippen LogP contribution in [0.15, 0.2) is 0 Å². The number of quaternary nitrogens is 2. The predicted molar refractivity (Wildman–Crippen MR) is 108 cm³/mol. The molecule has 0 amide bonds. The third kappa shape index (κ3) is 11.9. The Morgan fingerprint density at radius 1 is 0.645 bits per heavy atom. The van der Waals surface area contributed by atoms with Crippen LogP contribution >= 0.6 is 0 Å². The summed E-state index contributed by atoms with van der Waals surface area (Å²) < 4.78 is 0.555. The Bertz CT molecular complexity index is 582. The summed E-state index contributed by atoms with van der Waals surface area (Å²) in [6.07, 6.45) is -2.00. The number of carbonyl (C=O) groups is 4. The lowest BCUT2D eigenvalue weighted by atomic mass is 9.91. The number of carboxylic acids is 2. The molecule has 0 heterocycles. The molecule has 0 aromatic heterocycles. The number of carboxylic acid groups (broad SMARTS) is 2. The average Bonchev–Trinajstić information content (AvgIpc) is 2.50. The van der Waals surface area contributed by atoms with Crippen molar-refractivity contribution < 1.29 is 48.6 Å². The second-order valence-electron chi connectivity index (χ2n) is 10.2. The summed E-state index contributed by atoms with van der Waals surface area (Å²) in [5, 5.41) is 42.9. The second-order valence-corrected chi connectivity index (χ2v) is 10.2. The zero-order valence-corrected chi connectivity index (χ0v) is 19.5. The summed E-state index contributed by atoms with van der Waals surface area (Å²) >= 11 is 0. The van der Waals surface area contributed by atoms with Crippen LogP contribution in [-0.2, 0) is 19.2 Å². The van der Waals surface area contributed by atoms with Crippen LogP contribution in [0.5, 0.6) is 0 Å². The number of aliphatic hydroxyl groups is 2. The number of rotatable bonds is 16. The number of hydrogen-bond donors (Lipinski definition) is 2. The lowest BCUT2D eigenvalue weighted by molar-refractivity contribution is -0.873. The molecule has 0 spiro atoms. The first-order chi connectivity index (χ1) is 14.0. The molecule has 0 saturated carbocycles. The summed E-state index contributed by atoms with van der Waals surface area (Å²) in [7, 11) is 10.6. The Morgan fingerprint density at radius 2 is 0.935 bits per heavy atom. The zero-order valence-electron chi connectivity index (χ0n) is 19.5. The SMILES string of the molecule is C[N+](C)(C)CC(O)C(C(=O)[O-])C(=O)CCCCCC(=O)C(C(=O)[O-])C(O)C[N+](C)(C)C. The van der Waals surface area contributed by atoms with Gasteiger partial charge in [0.1, 0.15) is 36.9 Å². The summed E-state index contributed by atoms with van der Waals surface area (Å²) in [5.74, 6) is -7.76. The van der Waals surface area contributed by atoms with Gasteiger partial charge in [-0.05, 0) is 12.8 Å². The molecule has 0 aliphatic heterocycles. The third-order valence-corrected chi connectivity index (χ3v) is 4.79. The van der Waals surface area contributed by atoms with Crippen molar-refractivity contribution in [3.8, 4) is 0 Å². The van der Waals surface area contributed by atoms with E-state index in [4.69, 9.17) is 0 Å². The van der Waals surface area contributed by atoms with Gasteiger partial charge in [-0.3, -0.25) is 9.59 Å². The van der Waals surface area contributed by atoms with Crippen molar-refractivity contribution in [1.82, 2.24) is 0 Å². The highest BCUT2D eigenvalue weighted by atomic mass is 16.4. The molecule has 10 heteroatoms. The normalized spacial score (nSPS) is 16.3. The molecule has 0 fully saturated rings.